The van der Waals surface area contributed by atoms with Gasteiger partial charge in [0, 0.05) is 14.0 Å². The number of rotatable bonds is 4. The summed E-state index contributed by atoms with van der Waals surface area (Å²) in [5.41, 5.74) is 0. The first-order valence-corrected chi connectivity index (χ1v) is 13.4. The fourth-order valence-corrected chi connectivity index (χ4v) is 10.4. The monoisotopic (exact) mass is 290 g/mol. The van der Waals surface area contributed by atoms with Crippen LogP contribution in [0.25, 0.3) is 0 Å². The van der Waals surface area contributed by atoms with Crippen LogP contribution in [0.15, 0.2) is 30.3 Å². The van der Waals surface area contributed by atoms with Crippen LogP contribution in [0.1, 0.15) is 6.42 Å². The zero-order chi connectivity index (χ0) is 14.0. The molecular formula is C13H21F3Si2. The molecule has 0 aliphatic carbocycles. The van der Waals surface area contributed by atoms with Gasteiger partial charge in [-0.15, -0.1) is 0 Å². The van der Waals surface area contributed by atoms with E-state index in [2.05, 4.69) is 38.3 Å². The van der Waals surface area contributed by atoms with E-state index < -0.39 is 27.8 Å². The van der Waals surface area contributed by atoms with Crippen molar-refractivity contribution in [2.24, 2.45) is 0 Å². The third-order valence-electron chi connectivity index (χ3n) is 4.22. The summed E-state index contributed by atoms with van der Waals surface area (Å²) in [6, 6.07) is 10.4. The molecule has 0 N–H and O–H groups in total. The summed E-state index contributed by atoms with van der Waals surface area (Å²) in [4.78, 5) is 0. The number of benzene rings is 1. The Hall–Kier alpha value is -0.556. The van der Waals surface area contributed by atoms with Crippen molar-refractivity contribution in [1.82, 2.24) is 0 Å². The number of halogens is 3. The minimum atomic E-state index is -4.02. The molecule has 0 aliphatic rings. The van der Waals surface area contributed by atoms with Crippen molar-refractivity contribution >= 4 is 20.4 Å². The fourth-order valence-electron chi connectivity index (χ4n) is 2.01. The van der Waals surface area contributed by atoms with E-state index in [0.29, 0.717) is 6.04 Å². The molecule has 0 amide bonds. The van der Waals surface area contributed by atoms with Gasteiger partial charge >= 0.3 is 6.18 Å². The Bertz CT molecular complexity index is 383. The summed E-state index contributed by atoms with van der Waals surface area (Å²) >= 11 is 0. The Balaban J connectivity index is 2.89. The molecule has 0 atom stereocenters. The Morgan fingerprint density at radius 1 is 0.944 bits per heavy atom. The quantitative estimate of drug-likeness (QED) is 0.724. The van der Waals surface area contributed by atoms with Gasteiger partial charge in [-0.1, -0.05) is 67.8 Å². The second-order valence-electron chi connectivity index (χ2n) is 5.99. The average molecular weight is 290 g/mol. The van der Waals surface area contributed by atoms with E-state index in [1.54, 1.807) is 0 Å². The van der Waals surface area contributed by atoms with Crippen LogP contribution >= 0.6 is 0 Å². The molecule has 0 saturated carbocycles. The lowest BCUT2D eigenvalue weighted by molar-refractivity contribution is -0.130. The largest absolute Gasteiger partial charge is 0.388 e. The van der Waals surface area contributed by atoms with Gasteiger partial charge in [-0.25, -0.2) is 0 Å². The maximum absolute atomic E-state index is 12.4. The van der Waals surface area contributed by atoms with Gasteiger partial charge in [-0.05, 0) is 0 Å². The molecule has 1 aromatic carbocycles. The molecular weight excluding hydrogens is 269 g/mol. The molecule has 1 aromatic rings. The second kappa shape index (κ2) is 5.21. The summed E-state index contributed by atoms with van der Waals surface area (Å²) in [6.45, 7) is 8.64. The maximum atomic E-state index is 12.4. The summed E-state index contributed by atoms with van der Waals surface area (Å²) in [5, 5.41) is 1.28. The van der Waals surface area contributed by atoms with Gasteiger partial charge in [0.1, 0.15) is 0 Å². The lowest BCUT2D eigenvalue weighted by Crippen LogP contribution is -2.62. The van der Waals surface area contributed by atoms with E-state index in [1.807, 2.05) is 18.2 Å². The van der Waals surface area contributed by atoms with E-state index in [0.717, 1.165) is 0 Å². The SMILES string of the molecule is C[Si](C)(CCC(F)(F)F)[Si](C)(C)c1ccccc1. The Morgan fingerprint density at radius 2 is 1.44 bits per heavy atom. The van der Waals surface area contributed by atoms with Crippen LogP contribution in [0.2, 0.25) is 32.2 Å². The highest BCUT2D eigenvalue weighted by atomic mass is 29.3. The summed E-state index contributed by atoms with van der Waals surface area (Å²) in [6.07, 6.45) is -4.65. The number of hydrogen-bond acceptors (Lipinski definition) is 0. The average Bonchev–Trinajstić information content (AvgIpc) is 2.27. The molecule has 0 aromatic heterocycles. The Kier molecular flexibility index (Phi) is 4.48. The zero-order valence-corrected chi connectivity index (χ0v) is 13.4. The highest BCUT2D eigenvalue weighted by molar-refractivity contribution is 7.45. The van der Waals surface area contributed by atoms with Crippen LogP contribution in [0.3, 0.4) is 0 Å². The predicted octanol–water partition coefficient (Wildman–Crippen LogP) is 4.34. The Morgan fingerprint density at radius 3 is 1.89 bits per heavy atom. The molecule has 0 saturated heterocycles. The first-order chi connectivity index (χ1) is 8.06. The molecule has 102 valence electrons. The van der Waals surface area contributed by atoms with Crippen LogP contribution in [-0.4, -0.2) is 21.4 Å². The summed E-state index contributed by atoms with van der Waals surface area (Å²) in [5.74, 6) is 0. The minimum Gasteiger partial charge on any atom is -0.171 e. The molecule has 0 heterocycles. The Labute approximate surface area is 109 Å². The van der Waals surface area contributed by atoms with Crippen molar-refractivity contribution in [3.63, 3.8) is 0 Å². The normalized spacial score (nSPS) is 13.7. The maximum Gasteiger partial charge on any atom is 0.388 e. The van der Waals surface area contributed by atoms with E-state index in [1.165, 1.54) is 5.19 Å². The van der Waals surface area contributed by atoms with Crippen molar-refractivity contribution in [3.8, 4) is 0 Å². The van der Waals surface area contributed by atoms with Gasteiger partial charge in [0.2, 0.25) is 0 Å². The van der Waals surface area contributed by atoms with Gasteiger partial charge < -0.3 is 0 Å². The van der Waals surface area contributed by atoms with Gasteiger partial charge in [0.05, 0.1) is 7.59 Å². The van der Waals surface area contributed by atoms with Crippen molar-refractivity contribution in [3.05, 3.63) is 30.3 Å². The molecule has 0 bridgehead atoms. The minimum absolute atomic E-state index is 0.338. The zero-order valence-electron chi connectivity index (χ0n) is 11.4. The molecule has 0 unspecified atom stereocenters. The topological polar surface area (TPSA) is 0 Å². The summed E-state index contributed by atoms with van der Waals surface area (Å²) < 4.78 is 37.2. The van der Waals surface area contributed by atoms with Gasteiger partial charge in [-0.2, -0.15) is 13.2 Å². The molecule has 0 radical (unpaired) electrons. The van der Waals surface area contributed by atoms with Crippen LogP contribution in [0.4, 0.5) is 13.2 Å². The lowest BCUT2D eigenvalue weighted by atomic mass is 10.4. The highest BCUT2D eigenvalue weighted by Gasteiger charge is 2.44. The van der Waals surface area contributed by atoms with Gasteiger partial charge in [0.25, 0.3) is 0 Å². The van der Waals surface area contributed by atoms with Crippen molar-refractivity contribution < 1.29 is 13.2 Å². The number of hydrogen-bond donors (Lipinski definition) is 0. The highest BCUT2D eigenvalue weighted by Crippen LogP contribution is 2.30. The van der Waals surface area contributed by atoms with Crippen LogP contribution in [0.5, 0.6) is 0 Å². The predicted molar refractivity (Wildman–Crippen MR) is 76.5 cm³/mol. The van der Waals surface area contributed by atoms with E-state index in [9.17, 15) is 13.2 Å². The summed E-state index contributed by atoms with van der Waals surface area (Å²) in [7, 11) is -3.63. The lowest BCUT2D eigenvalue weighted by Gasteiger charge is -2.39. The standard InChI is InChI=1S/C13H21F3Si2/c1-17(2,11-10-13(14,15)16)18(3,4)12-8-6-5-7-9-12/h5-9H,10-11H2,1-4H3. The van der Waals surface area contributed by atoms with Crippen LogP contribution in [-0.2, 0) is 0 Å². The number of alkyl halides is 3. The molecule has 0 nitrogen and oxygen atoms in total. The van der Waals surface area contributed by atoms with Crippen molar-refractivity contribution in [2.75, 3.05) is 0 Å². The fraction of sp³-hybridized carbons (Fsp3) is 0.538. The molecule has 5 heteroatoms. The third-order valence-corrected chi connectivity index (χ3v) is 22.6. The molecule has 0 spiro atoms. The molecule has 0 aliphatic heterocycles. The van der Waals surface area contributed by atoms with Crippen molar-refractivity contribution in [2.45, 2.75) is 44.8 Å². The third kappa shape index (κ3) is 3.72. The second-order valence-corrected chi connectivity index (χ2v) is 21.9. The smallest absolute Gasteiger partial charge is 0.171 e. The first-order valence-electron chi connectivity index (χ1n) is 6.18. The molecule has 1 rings (SSSR count). The first kappa shape index (κ1) is 15.5. The van der Waals surface area contributed by atoms with E-state index >= 15 is 0 Å². The van der Waals surface area contributed by atoms with Crippen LogP contribution in [0, 0.1) is 0 Å². The molecule has 0 fully saturated rings. The van der Waals surface area contributed by atoms with E-state index in [-0.39, 0.29) is 0 Å². The van der Waals surface area contributed by atoms with E-state index in [4.69, 9.17) is 0 Å². The van der Waals surface area contributed by atoms with Crippen molar-refractivity contribution in [1.29, 1.82) is 0 Å². The van der Waals surface area contributed by atoms with Gasteiger partial charge in [-0.3, -0.25) is 0 Å². The molecule has 18 heavy (non-hydrogen) atoms. The van der Waals surface area contributed by atoms with Crippen LogP contribution < -0.4 is 5.19 Å². The van der Waals surface area contributed by atoms with Gasteiger partial charge in [0.15, 0.2) is 0 Å².